The highest BCUT2D eigenvalue weighted by Gasteiger charge is 2.32. The average molecular weight is 313 g/mol. The van der Waals surface area contributed by atoms with E-state index in [4.69, 9.17) is 5.73 Å². The first-order valence-corrected chi connectivity index (χ1v) is 5.62. The summed E-state index contributed by atoms with van der Waals surface area (Å²) in [5.74, 6) is -1.45. The Balaban J connectivity index is 0.00000361. The third-order valence-electron chi connectivity index (χ3n) is 2.57. The SMILES string of the molecule is CC(N)C(C)C(=O)Nc1ccccc1OC(F)(F)F.Cl. The lowest BCUT2D eigenvalue weighted by Crippen LogP contribution is -2.34. The van der Waals surface area contributed by atoms with E-state index in [2.05, 4.69) is 10.1 Å². The molecule has 1 amide bonds. The van der Waals surface area contributed by atoms with Crippen LogP contribution in [-0.2, 0) is 4.79 Å². The van der Waals surface area contributed by atoms with Crippen molar-refractivity contribution >= 4 is 24.0 Å². The number of hydrogen-bond acceptors (Lipinski definition) is 3. The smallest absolute Gasteiger partial charge is 0.404 e. The molecule has 114 valence electrons. The predicted molar refractivity (Wildman–Crippen MR) is 71.8 cm³/mol. The first-order chi connectivity index (χ1) is 8.70. The zero-order valence-electron chi connectivity index (χ0n) is 10.9. The number of nitrogens with two attached hydrogens (primary N) is 1. The molecular weight excluding hydrogens is 297 g/mol. The van der Waals surface area contributed by atoms with Crippen LogP contribution < -0.4 is 15.8 Å². The molecule has 1 rings (SSSR count). The molecule has 0 radical (unpaired) electrons. The molecule has 0 aliphatic carbocycles. The van der Waals surface area contributed by atoms with Crippen LogP contribution in [0.25, 0.3) is 0 Å². The van der Waals surface area contributed by atoms with E-state index < -0.39 is 30.0 Å². The van der Waals surface area contributed by atoms with Crippen molar-refractivity contribution in [2.75, 3.05) is 5.32 Å². The molecule has 4 nitrogen and oxygen atoms in total. The lowest BCUT2D eigenvalue weighted by atomic mass is 10.0. The van der Waals surface area contributed by atoms with Crippen LogP contribution in [0.2, 0.25) is 0 Å². The molecule has 0 aromatic heterocycles. The average Bonchev–Trinajstić information content (AvgIpc) is 2.28. The summed E-state index contributed by atoms with van der Waals surface area (Å²) in [6.07, 6.45) is -4.81. The Labute approximate surface area is 120 Å². The number of anilines is 1. The summed E-state index contributed by atoms with van der Waals surface area (Å²) in [5.41, 5.74) is 5.51. The number of amides is 1. The molecule has 1 aromatic carbocycles. The maximum absolute atomic E-state index is 12.2. The van der Waals surface area contributed by atoms with Gasteiger partial charge in [0.2, 0.25) is 5.91 Å². The van der Waals surface area contributed by atoms with Crippen molar-refractivity contribution in [3.8, 4) is 5.75 Å². The van der Waals surface area contributed by atoms with Gasteiger partial charge in [0, 0.05) is 6.04 Å². The van der Waals surface area contributed by atoms with E-state index in [1.807, 2.05) is 0 Å². The molecule has 2 unspecified atom stereocenters. The van der Waals surface area contributed by atoms with Gasteiger partial charge < -0.3 is 15.8 Å². The quantitative estimate of drug-likeness (QED) is 0.898. The molecule has 3 N–H and O–H groups in total. The summed E-state index contributed by atoms with van der Waals surface area (Å²) < 4.78 is 40.4. The van der Waals surface area contributed by atoms with Gasteiger partial charge in [-0.1, -0.05) is 19.1 Å². The molecule has 0 bridgehead atoms. The minimum atomic E-state index is -4.81. The zero-order chi connectivity index (χ0) is 14.6. The molecule has 0 fully saturated rings. The lowest BCUT2D eigenvalue weighted by molar-refractivity contribution is -0.274. The second-order valence-electron chi connectivity index (χ2n) is 4.18. The number of halogens is 4. The molecule has 8 heteroatoms. The Morgan fingerprint density at radius 1 is 1.30 bits per heavy atom. The third-order valence-corrected chi connectivity index (χ3v) is 2.57. The summed E-state index contributed by atoms with van der Waals surface area (Å²) in [5, 5.41) is 2.37. The van der Waals surface area contributed by atoms with Gasteiger partial charge in [-0.2, -0.15) is 0 Å². The van der Waals surface area contributed by atoms with E-state index in [0.717, 1.165) is 6.07 Å². The Kier molecular flexibility index (Phi) is 6.81. The monoisotopic (exact) mass is 312 g/mol. The topological polar surface area (TPSA) is 64.4 Å². The summed E-state index contributed by atoms with van der Waals surface area (Å²) >= 11 is 0. The van der Waals surface area contributed by atoms with Crippen LogP contribution in [0.4, 0.5) is 18.9 Å². The molecule has 2 atom stereocenters. The standard InChI is InChI=1S/C12H15F3N2O2.ClH/c1-7(8(2)16)11(18)17-9-5-3-4-6-10(9)19-12(13,14)15;/h3-8H,16H2,1-2H3,(H,17,18);1H. The van der Waals surface area contributed by atoms with Gasteiger partial charge in [-0.05, 0) is 19.1 Å². The fraction of sp³-hybridized carbons (Fsp3) is 0.417. The number of nitrogens with one attached hydrogen (secondary N) is 1. The van der Waals surface area contributed by atoms with Crippen molar-refractivity contribution in [2.24, 2.45) is 11.7 Å². The highest BCUT2D eigenvalue weighted by molar-refractivity contribution is 5.94. The number of ether oxygens (including phenoxy) is 1. The van der Waals surface area contributed by atoms with Crippen LogP contribution in [0, 0.1) is 5.92 Å². The Hall–Kier alpha value is -1.47. The van der Waals surface area contributed by atoms with Crippen LogP contribution in [0.3, 0.4) is 0 Å². The van der Waals surface area contributed by atoms with Crippen molar-refractivity contribution in [3.05, 3.63) is 24.3 Å². The van der Waals surface area contributed by atoms with Gasteiger partial charge in [0.05, 0.1) is 11.6 Å². The first-order valence-electron chi connectivity index (χ1n) is 5.62. The van der Waals surface area contributed by atoms with Gasteiger partial charge in [0.1, 0.15) is 0 Å². The summed E-state index contributed by atoms with van der Waals surface area (Å²) in [4.78, 5) is 11.7. The highest BCUT2D eigenvalue weighted by atomic mass is 35.5. The van der Waals surface area contributed by atoms with Crippen LogP contribution in [0.1, 0.15) is 13.8 Å². The van der Waals surface area contributed by atoms with Gasteiger partial charge in [-0.15, -0.1) is 25.6 Å². The Morgan fingerprint density at radius 2 is 1.85 bits per heavy atom. The molecule has 0 saturated heterocycles. The van der Waals surface area contributed by atoms with Gasteiger partial charge >= 0.3 is 6.36 Å². The summed E-state index contributed by atoms with van der Waals surface area (Å²) in [7, 11) is 0. The maximum atomic E-state index is 12.2. The minimum absolute atomic E-state index is 0. The molecule has 0 saturated carbocycles. The fourth-order valence-corrected chi connectivity index (χ4v) is 1.27. The second kappa shape index (κ2) is 7.35. The van der Waals surface area contributed by atoms with E-state index in [1.54, 1.807) is 13.8 Å². The molecule has 0 heterocycles. The number of rotatable bonds is 4. The van der Waals surface area contributed by atoms with Crippen molar-refractivity contribution in [1.29, 1.82) is 0 Å². The van der Waals surface area contributed by atoms with E-state index in [9.17, 15) is 18.0 Å². The van der Waals surface area contributed by atoms with E-state index in [-0.39, 0.29) is 18.1 Å². The van der Waals surface area contributed by atoms with Crippen molar-refractivity contribution < 1.29 is 22.7 Å². The van der Waals surface area contributed by atoms with Crippen molar-refractivity contribution in [1.82, 2.24) is 0 Å². The molecule has 0 aliphatic rings. The first kappa shape index (κ1) is 18.5. The van der Waals surface area contributed by atoms with E-state index in [1.165, 1.54) is 18.2 Å². The zero-order valence-corrected chi connectivity index (χ0v) is 11.7. The molecule has 20 heavy (non-hydrogen) atoms. The van der Waals surface area contributed by atoms with E-state index in [0.29, 0.717) is 0 Å². The van der Waals surface area contributed by atoms with Crippen molar-refractivity contribution in [2.45, 2.75) is 26.3 Å². The van der Waals surface area contributed by atoms with Crippen LogP contribution in [0.5, 0.6) is 5.75 Å². The molecule has 0 spiro atoms. The van der Waals surface area contributed by atoms with Crippen LogP contribution >= 0.6 is 12.4 Å². The van der Waals surface area contributed by atoms with Gasteiger partial charge in [0.15, 0.2) is 5.75 Å². The van der Waals surface area contributed by atoms with Crippen LogP contribution in [-0.4, -0.2) is 18.3 Å². The Morgan fingerprint density at radius 3 is 2.35 bits per heavy atom. The third kappa shape index (κ3) is 5.66. The number of hydrogen-bond donors (Lipinski definition) is 2. The summed E-state index contributed by atoms with van der Waals surface area (Å²) in [6, 6.07) is 4.92. The summed E-state index contributed by atoms with van der Waals surface area (Å²) in [6.45, 7) is 3.23. The minimum Gasteiger partial charge on any atom is -0.404 e. The normalized spacial score (nSPS) is 13.9. The maximum Gasteiger partial charge on any atom is 0.573 e. The number of carbonyl (C=O) groups excluding carboxylic acids is 1. The molecule has 0 aliphatic heterocycles. The largest absolute Gasteiger partial charge is 0.573 e. The van der Waals surface area contributed by atoms with E-state index >= 15 is 0 Å². The second-order valence-corrected chi connectivity index (χ2v) is 4.18. The number of carbonyl (C=O) groups is 1. The number of benzene rings is 1. The molecular formula is C12H16ClF3N2O2. The predicted octanol–water partition coefficient (Wildman–Crippen LogP) is 2.93. The lowest BCUT2D eigenvalue weighted by Gasteiger charge is -2.17. The Bertz CT molecular complexity index is 453. The van der Waals surface area contributed by atoms with Gasteiger partial charge in [-0.25, -0.2) is 0 Å². The fourth-order valence-electron chi connectivity index (χ4n) is 1.27. The molecule has 1 aromatic rings. The van der Waals surface area contributed by atoms with Crippen molar-refractivity contribution in [3.63, 3.8) is 0 Å². The van der Waals surface area contributed by atoms with Gasteiger partial charge in [-0.3, -0.25) is 4.79 Å². The highest BCUT2D eigenvalue weighted by Crippen LogP contribution is 2.30. The van der Waals surface area contributed by atoms with Crippen LogP contribution in [0.15, 0.2) is 24.3 Å². The van der Waals surface area contributed by atoms with Gasteiger partial charge in [0.25, 0.3) is 0 Å². The number of para-hydroxylation sites is 2. The number of alkyl halides is 3.